The van der Waals surface area contributed by atoms with Crippen LogP contribution in [0.1, 0.15) is 12.5 Å². The Hall–Kier alpha value is -0.370. The van der Waals surface area contributed by atoms with E-state index in [9.17, 15) is 4.79 Å². The van der Waals surface area contributed by atoms with Crippen molar-refractivity contribution >= 4 is 42.1 Å². The van der Waals surface area contributed by atoms with Gasteiger partial charge in [-0.05, 0) is 29.3 Å². The van der Waals surface area contributed by atoms with Crippen molar-refractivity contribution in [3.05, 3.63) is 22.4 Å². The number of hydrogen-bond donors (Lipinski definition) is 1. The third-order valence-electron chi connectivity index (χ3n) is 4.69. The van der Waals surface area contributed by atoms with Gasteiger partial charge in [0.15, 0.2) is 0 Å². The second kappa shape index (κ2) is 10.6. The van der Waals surface area contributed by atoms with Crippen LogP contribution in [-0.4, -0.2) is 79.0 Å². The number of amides is 1. The lowest BCUT2D eigenvalue weighted by atomic mass is 10.2. The first kappa shape index (κ1) is 21.7. The van der Waals surface area contributed by atoms with Crippen LogP contribution in [0.15, 0.2) is 16.8 Å². The fourth-order valence-corrected chi connectivity index (χ4v) is 3.85. The van der Waals surface area contributed by atoms with E-state index >= 15 is 0 Å². The zero-order valence-corrected chi connectivity index (χ0v) is 16.6. The average molecular weight is 395 g/mol. The van der Waals surface area contributed by atoms with Crippen LogP contribution in [0.4, 0.5) is 0 Å². The number of nitrogens with one attached hydrogen (secondary N) is 1. The minimum atomic E-state index is 0. The smallest absolute Gasteiger partial charge is 0.236 e. The van der Waals surface area contributed by atoms with Gasteiger partial charge in [-0.25, -0.2) is 0 Å². The fraction of sp³-hybridized carbons (Fsp3) is 0.688. The Morgan fingerprint density at radius 3 is 2.62 bits per heavy atom. The van der Waals surface area contributed by atoms with Gasteiger partial charge in [0.2, 0.25) is 5.91 Å². The highest BCUT2D eigenvalue weighted by Crippen LogP contribution is 2.12. The number of carbonyl (C=O) groups is 1. The minimum absolute atomic E-state index is 0. The number of carbonyl (C=O) groups excluding carboxylic acids is 1. The highest BCUT2D eigenvalue weighted by molar-refractivity contribution is 7.07. The summed E-state index contributed by atoms with van der Waals surface area (Å²) in [5, 5.41) is 7.71. The number of piperazine rings is 2. The Balaban J connectivity index is 0.00000144. The minimum Gasteiger partial charge on any atom is -0.339 e. The third kappa shape index (κ3) is 5.86. The summed E-state index contributed by atoms with van der Waals surface area (Å²) < 4.78 is 0. The van der Waals surface area contributed by atoms with Gasteiger partial charge in [0.05, 0.1) is 6.54 Å². The molecule has 0 radical (unpaired) electrons. The molecule has 5 nitrogen and oxygen atoms in total. The Bertz CT molecular complexity index is 480. The summed E-state index contributed by atoms with van der Waals surface area (Å²) in [6.45, 7) is 10.4. The van der Waals surface area contributed by atoms with E-state index in [0.717, 1.165) is 52.4 Å². The molecule has 0 spiro atoms. The molecular weight excluding hydrogens is 367 g/mol. The largest absolute Gasteiger partial charge is 0.339 e. The van der Waals surface area contributed by atoms with Gasteiger partial charge in [-0.15, -0.1) is 24.8 Å². The molecule has 2 fully saturated rings. The maximum atomic E-state index is 12.5. The maximum absolute atomic E-state index is 12.5. The van der Waals surface area contributed by atoms with Gasteiger partial charge in [-0.2, -0.15) is 11.3 Å². The molecule has 8 heteroatoms. The van der Waals surface area contributed by atoms with E-state index in [-0.39, 0.29) is 24.8 Å². The van der Waals surface area contributed by atoms with Crippen LogP contribution in [0.3, 0.4) is 0 Å². The highest BCUT2D eigenvalue weighted by Gasteiger charge is 2.25. The predicted molar refractivity (Wildman–Crippen MR) is 105 cm³/mol. The molecule has 0 aromatic carbocycles. The van der Waals surface area contributed by atoms with Crippen LogP contribution in [0.5, 0.6) is 0 Å². The normalized spacial score (nSPS) is 22.5. The lowest BCUT2D eigenvalue weighted by Crippen LogP contribution is -2.55. The molecule has 0 saturated carbocycles. The van der Waals surface area contributed by atoms with Gasteiger partial charge in [0.25, 0.3) is 0 Å². The summed E-state index contributed by atoms with van der Waals surface area (Å²) in [6, 6.07) is 2.64. The van der Waals surface area contributed by atoms with E-state index < -0.39 is 0 Å². The number of hydrogen-bond acceptors (Lipinski definition) is 5. The van der Waals surface area contributed by atoms with Gasteiger partial charge in [-0.3, -0.25) is 14.6 Å². The van der Waals surface area contributed by atoms with Crippen molar-refractivity contribution in [3.8, 4) is 0 Å². The van der Waals surface area contributed by atoms with Crippen molar-refractivity contribution in [2.75, 3.05) is 52.4 Å². The van der Waals surface area contributed by atoms with E-state index in [1.54, 1.807) is 11.3 Å². The second-order valence-electron chi connectivity index (χ2n) is 6.31. The summed E-state index contributed by atoms with van der Waals surface area (Å²) in [6.07, 6.45) is 0. The monoisotopic (exact) mass is 394 g/mol. The third-order valence-corrected chi connectivity index (χ3v) is 5.42. The van der Waals surface area contributed by atoms with Gasteiger partial charge < -0.3 is 10.2 Å². The summed E-state index contributed by atoms with van der Waals surface area (Å²) in [5.41, 5.74) is 1.39. The molecule has 0 bridgehead atoms. The summed E-state index contributed by atoms with van der Waals surface area (Å²) >= 11 is 1.75. The van der Waals surface area contributed by atoms with Crippen LogP contribution < -0.4 is 5.32 Å². The summed E-state index contributed by atoms with van der Waals surface area (Å²) in [4.78, 5) is 19.3. The van der Waals surface area contributed by atoms with Gasteiger partial charge in [-0.1, -0.05) is 0 Å². The van der Waals surface area contributed by atoms with Gasteiger partial charge in [0.1, 0.15) is 0 Å². The molecule has 3 heterocycles. The molecule has 2 aliphatic rings. The Labute approximate surface area is 161 Å². The highest BCUT2D eigenvalue weighted by atomic mass is 35.5. The summed E-state index contributed by atoms with van der Waals surface area (Å²) in [7, 11) is 0. The van der Waals surface area contributed by atoms with Crippen LogP contribution >= 0.6 is 36.2 Å². The lowest BCUT2D eigenvalue weighted by molar-refractivity contribution is -0.135. The number of rotatable bonds is 4. The van der Waals surface area contributed by atoms with Crippen molar-refractivity contribution < 1.29 is 4.79 Å². The second-order valence-corrected chi connectivity index (χ2v) is 7.09. The van der Waals surface area contributed by atoms with Crippen LogP contribution in [0.25, 0.3) is 0 Å². The molecule has 2 aliphatic heterocycles. The van der Waals surface area contributed by atoms with Crippen molar-refractivity contribution in [2.45, 2.75) is 19.5 Å². The number of nitrogens with zero attached hydrogens (tertiary/aromatic N) is 3. The van der Waals surface area contributed by atoms with E-state index in [1.165, 1.54) is 5.56 Å². The van der Waals surface area contributed by atoms with Crippen LogP contribution in [-0.2, 0) is 11.3 Å². The van der Waals surface area contributed by atoms with Crippen molar-refractivity contribution in [1.29, 1.82) is 0 Å². The van der Waals surface area contributed by atoms with E-state index in [2.05, 4.69) is 38.9 Å². The van der Waals surface area contributed by atoms with Gasteiger partial charge >= 0.3 is 0 Å². The molecular formula is C16H28Cl2N4OS. The molecule has 0 unspecified atom stereocenters. The lowest BCUT2D eigenvalue weighted by Gasteiger charge is -2.38. The summed E-state index contributed by atoms with van der Waals surface area (Å²) in [5.74, 6) is 0.295. The van der Waals surface area contributed by atoms with Crippen molar-refractivity contribution in [2.24, 2.45) is 0 Å². The predicted octanol–water partition coefficient (Wildman–Crippen LogP) is 1.53. The molecule has 0 aliphatic carbocycles. The fourth-order valence-electron chi connectivity index (χ4n) is 3.19. The molecule has 1 atom stereocenters. The molecule has 1 N–H and O–H groups in total. The maximum Gasteiger partial charge on any atom is 0.236 e. The van der Waals surface area contributed by atoms with E-state index in [1.807, 2.05) is 4.90 Å². The average Bonchev–Trinajstić information content (AvgIpc) is 3.03. The first-order valence-electron chi connectivity index (χ1n) is 8.18. The molecule has 2 saturated heterocycles. The molecule has 1 aromatic heterocycles. The zero-order valence-electron chi connectivity index (χ0n) is 14.1. The Kier molecular flexibility index (Phi) is 9.56. The SMILES string of the molecule is C[C@H]1CNCCN1CC(=O)N1CCN(Cc2ccsc2)CC1.Cl.Cl. The first-order chi connectivity index (χ1) is 10.7. The zero-order chi connectivity index (χ0) is 15.4. The Morgan fingerprint density at radius 1 is 1.25 bits per heavy atom. The molecule has 24 heavy (non-hydrogen) atoms. The standard InChI is InChI=1S/C16H26N4OS.2ClH/c1-14-10-17-3-4-20(14)12-16(21)19-7-5-18(6-8-19)11-15-2-9-22-13-15;;/h2,9,13-14,17H,3-8,10-12H2,1H3;2*1H/t14-;;/m0../s1. The topological polar surface area (TPSA) is 38.8 Å². The van der Waals surface area contributed by atoms with Crippen molar-refractivity contribution in [1.82, 2.24) is 20.0 Å². The van der Waals surface area contributed by atoms with Crippen molar-refractivity contribution in [3.63, 3.8) is 0 Å². The van der Waals surface area contributed by atoms with E-state index in [4.69, 9.17) is 0 Å². The van der Waals surface area contributed by atoms with Gasteiger partial charge in [0, 0.05) is 58.4 Å². The quantitative estimate of drug-likeness (QED) is 0.840. The van der Waals surface area contributed by atoms with Crippen LogP contribution in [0, 0.1) is 0 Å². The van der Waals surface area contributed by atoms with E-state index in [0.29, 0.717) is 18.5 Å². The number of halogens is 2. The molecule has 1 amide bonds. The molecule has 1 aromatic rings. The first-order valence-corrected chi connectivity index (χ1v) is 9.12. The number of thiophene rings is 1. The van der Waals surface area contributed by atoms with Crippen LogP contribution in [0.2, 0.25) is 0 Å². The molecule has 3 rings (SSSR count). The molecule has 138 valence electrons. The Morgan fingerprint density at radius 2 is 2.00 bits per heavy atom.